The highest BCUT2D eigenvalue weighted by Crippen LogP contribution is 2.21. The van der Waals surface area contributed by atoms with E-state index in [4.69, 9.17) is 0 Å². The number of hydrogen-bond acceptors (Lipinski definition) is 5. The van der Waals surface area contributed by atoms with Gasteiger partial charge in [-0.1, -0.05) is 19.1 Å². The van der Waals surface area contributed by atoms with E-state index in [1.807, 2.05) is 29.5 Å². The molecule has 9 heteroatoms. The monoisotopic (exact) mass is 427 g/mol. The first-order valence-corrected chi connectivity index (χ1v) is 11.4. The van der Waals surface area contributed by atoms with Crippen LogP contribution < -0.4 is 5.32 Å². The van der Waals surface area contributed by atoms with Crippen LogP contribution in [0.15, 0.2) is 53.6 Å². The number of anilines is 1. The van der Waals surface area contributed by atoms with Gasteiger partial charge in [0, 0.05) is 43.8 Å². The minimum atomic E-state index is -3.61. The Hall–Kier alpha value is -2.75. The Morgan fingerprint density at radius 2 is 1.83 bits per heavy atom. The number of nitrogens with zero attached hydrogens (tertiary/aromatic N) is 4. The number of sulfonamides is 1. The van der Waals surface area contributed by atoms with Crippen LogP contribution in [0.5, 0.6) is 0 Å². The zero-order valence-corrected chi connectivity index (χ0v) is 17.9. The van der Waals surface area contributed by atoms with E-state index in [-0.39, 0.29) is 16.5 Å². The van der Waals surface area contributed by atoms with Crippen molar-refractivity contribution in [2.45, 2.75) is 18.7 Å². The summed E-state index contributed by atoms with van der Waals surface area (Å²) in [5, 5.41) is 2.76. The number of fused-ring (bicyclic) bond motifs is 1. The van der Waals surface area contributed by atoms with Crippen LogP contribution >= 0.6 is 0 Å². The van der Waals surface area contributed by atoms with Crippen molar-refractivity contribution in [1.29, 1.82) is 0 Å². The molecule has 0 saturated carbocycles. The Kier molecular flexibility index (Phi) is 5.59. The fourth-order valence-electron chi connectivity index (χ4n) is 3.62. The van der Waals surface area contributed by atoms with E-state index in [0.29, 0.717) is 24.4 Å². The van der Waals surface area contributed by atoms with Crippen molar-refractivity contribution in [3.05, 3.63) is 60.0 Å². The molecule has 2 aromatic heterocycles. The molecule has 4 rings (SSSR count). The first-order chi connectivity index (χ1) is 14.4. The molecule has 158 valence electrons. The van der Waals surface area contributed by atoms with Crippen LogP contribution in [-0.4, -0.2) is 65.6 Å². The van der Waals surface area contributed by atoms with Gasteiger partial charge in [0.15, 0.2) is 0 Å². The number of likely N-dealkylation sites (N-methyl/N-ethyl adjacent to an activating group) is 1. The lowest BCUT2D eigenvalue weighted by molar-refractivity contribution is 0.102. The number of nitrogens with one attached hydrogen (secondary N) is 1. The Morgan fingerprint density at radius 1 is 1.10 bits per heavy atom. The van der Waals surface area contributed by atoms with Gasteiger partial charge < -0.3 is 14.6 Å². The van der Waals surface area contributed by atoms with Crippen molar-refractivity contribution < 1.29 is 13.2 Å². The fraction of sp³-hybridized carbons (Fsp3) is 0.333. The summed E-state index contributed by atoms with van der Waals surface area (Å²) >= 11 is 0. The van der Waals surface area contributed by atoms with Crippen molar-refractivity contribution in [3.63, 3.8) is 0 Å². The van der Waals surface area contributed by atoms with E-state index >= 15 is 0 Å². The summed E-state index contributed by atoms with van der Waals surface area (Å²) in [6.45, 7) is 7.29. The lowest BCUT2D eigenvalue weighted by Crippen LogP contribution is -2.48. The molecule has 1 aromatic carbocycles. The number of piperazine rings is 1. The highest BCUT2D eigenvalue weighted by Gasteiger charge is 2.28. The van der Waals surface area contributed by atoms with E-state index in [0.717, 1.165) is 25.3 Å². The number of imidazole rings is 1. The molecule has 1 fully saturated rings. The predicted molar refractivity (Wildman–Crippen MR) is 115 cm³/mol. The van der Waals surface area contributed by atoms with Gasteiger partial charge in [-0.25, -0.2) is 13.4 Å². The van der Waals surface area contributed by atoms with Crippen LogP contribution in [0.4, 0.5) is 5.69 Å². The van der Waals surface area contributed by atoms with E-state index in [2.05, 4.69) is 22.1 Å². The summed E-state index contributed by atoms with van der Waals surface area (Å²) in [6, 6.07) is 12.0. The van der Waals surface area contributed by atoms with E-state index in [9.17, 15) is 13.2 Å². The zero-order valence-electron chi connectivity index (χ0n) is 17.1. The minimum absolute atomic E-state index is 0.177. The van der Waals surface area contributed by atoms with Gasteiger partial charge in [-0.15, -0.1) is 0 Å². The van der Waals surface area contributed by atoms with Crippen LogP contribution in [0.25, 0.3) is 5.65 Å². The van der Waals surface area contributed by atoms with Crippen molar-refractivity contribution in [2.24, 2.45) is 0 Å². The van der Waals surface area contributed by atoms with Gasteiger partial charge in [0.25, 0.3) is 5.91 Å². The number of pyridine rings is 1. The molecule has 1 aliphatic heterocycles. The van der Waals surface area contributed by atoms with Crippen molar-refractivity contribution in [1.82, 2.24) is 18.6 Å². The van der Waals surface area contributed by atoms with Crippen molar-refractivity contribution >= 4 is 27.3 Å². The molecule has 1 amide bonds. The minimum Gasteiger partial charge on any atom is -0.321 e. The van der Waals surface area contributed by atoms with Gasteiger partial charge in [0.05, 0.1) is 4.90 Å². The quantitative estimate of drug-likeness (QED) is 0.675. The third kappa shape index (κ3) is 3.96. The Balaban J connectivity index is 1.53. The van der Waals surface area contributed by atoms with Gasteiger partial charge in [0.1, 0.15) is 11.3 Å². The first kappa shape index (κ1) is 20.5. The Bertz CT molecular complexity index is 1180. The SMILES string of the molecule is CCN1CCN(S(=O)(=O)c2cccc(NC(=O)c3cn4c(C)cccc4n3)c2)CC1. The molecular formula is C21H25N5O3S. The summed E-state index contributed by atoms with van der Waals surface area (Å²) in [6.07, 6.45) is 1.67. The number of aryl methyl sites for hydroxylation is 1. The lowest BCUT2D eigenvalue weighted by Gasteiger charge is -2.33. The molecule has 8 nitrogen and oxygen atoms in total. The van der Waals surface area contributed by atoms with Crippen molar-refractivity contribution in [3.8, 4) is 0 Å². The summed E-state index contributed by atoms with van der Waals surface area (Å²) in [4.78, 5) is 19.4. The first-order valence-electron chi connectivity index (χ1n) is 9.97. The number of benzene rings is 1. The molecule has 3 aromatic rings. The molecule has 1 saturated heterocycles. The highest BCUT2D eigenvalue weighted by atomic mass is 32.2. The molecule has 0 radical (unpaired) electrons. The van der Waals surface area contributed by atoms with Crippen molar-refractivity contribution in [2.75, 3.05) is 38.0 Å². The molecule has 1 aliphatic rings. The van der Waals surface area contributed by atoms with Gasteiger partial charge in [-0.2, -0.15) is 4.31 Å². The molecule has 0 bridgehead atoms. The average molecular weight is 428 g/mol. The third-order valence-electron chi connectivity index (χ3n) is 5.44. The molecule has 0 aliphatic carbocycles. The van der Waals surface area contributed by atoms with Crippen LogP contribution in [0, 0.1) is 6.92 Å². The van der Waals surface area contributed by atoms with E-state index < -0.39 is 10.0 Å². The summed E-state index contributed by atoms with van der Waals surface area (Å²) in [5.41, 5.74) is 2.34. The van der Waals surface area contributed by atoms with Gasteiger partial charge in [0.2, 0.25) is 10.0 Å². The van der Waals surface area contributed by atoms with E-state index in [1.165, 1.54) is 10.4 Å². The second-order valence-corrected chi connectivity index (χ2v) is 9.28. The Morgan fingerprint density at radius 3 is 2.53 bits per heavy atom. The smallest absolute Gasteiger partial charge is 0.275 e. The number of aromatic nitrogens is 2. The number of carbonyl (C=O) groups excluding carboxylic acids is 1. The maximum Gasteiger partial charge on any atom is 0.275 e. The molecule has 3 heterocycles. The standard InChI is InChI=1S/C21H25N5O3S/c1-3-24-10-12-25(13-11-24)30(28,29)18-8-5-7-17(14-18)22-21(27)19-15-26-16(2)6-4-9-20(26)23-19/h4-9,14-15H,3,10-13H2,1-2H3,(H,22,27). The Labute approximate surface area is 176 Å². The van der Waals surface area contributed by atoms with Gasteiger partial charge in [-0.3, -0.25) is 4.79 Å². The summed E-state index contributed by atoms with van der Waals surface area (Å²) < 4.78 is 29.4. The molecule has 30 heavy (non-hydrogen) atoms. The molecule has 0 spiro atoms. The van der Waals surface area contributed by atoms with Gasteiger partial charge in [-0.05, 0) is 43.8 Å². The van der Waals surface area contributed by atoms with Crippen LogP contribution in [0.2, 0.25) is 0 Å². The molecular weight excluding hydrogens is 402 g/mol. The molecule has 0 atom stereocenters. The second kappa shape index (κ2) is 8.17. The number of rotatable bonds is 5. The third-order valence-corrected chi connectivity index (χ3v) is 7.33. The zero-order chi connectivity index (χ0) is 21.3. The summed E-state index contributed by atoms with van der Waals surface area (Å²) in [5.74, 6) is -0.385. The average Bonchev–Trinajstić information content (AvgIpc) is 3.20. The van der Waals surface area contributed by atoms with Crippen LogP contribution in [0.3, 0.4) is 0 Å². The molecule has 1 N–H and O–H groups in total. The second-order valence-electron chi connectivity index (χ2n) is 7.34. The summed E-state index contributed by atoms with van der Waals surface area (Å²) in [7, 11) is -3.61. The maximum atomic E-state index is 13.0. The lowest BCUT2D eigenvalue weighted by atomic mass is 10.3. The topological polar surface area (TPSA) is 87.0 Å². The highest BCUT2D eigenvalue weighted by molar-refractivity contribution is 7.89. The van der Waals surface area contributed by atoms with Crippen LogP contribution in [0.1, 0.15) is 23.1 Å². The maximum absolute atomic E-state index is 13.0. The van der Waals surface area contributed by atoms with Gasteiger partial charge >= 0.3 is 0 Å². The normalized spacial score (nSPS) is 16.1. The van der Waals surface area contributed by atoms with E-state index in [1.54, 1.807) is 24.4 Å². The number of amides is 1. The van der Waals surface area contributed by atoms with Crippen LogP contribution in [-0.2, 0) is 10.0 Å². The predicted octanol–water partition coefficient (Wildman–Crippen LogP) is 2.22. The number of hydrogen-bond donors (Lipinski definition) is 1. The fourth-order valence-corrected chi connectivity index (χ4v) is 5.09. The number of carbonyl (C=O) groups is 1. The largest absolute Gasteiger partial charge is 0.321 e. The molecule has 0 unspecified atom stereocenters.